The number of anilines is 1. The number of hydrogen-bond acceptors (Lipinski definition) is 3. The number of nitrogens with zero attached hydrogens (tertiary/aromatic N) is 4. The van der Waals surface area contributed by atoms with Crippen molar-refractivity contribution in [3.8, 4) is 6.07 Å². The van der Waals surface area contributed by atoms with Crippen LogP contribution < -0.4 is 4.90 Å². The van der Waals surface area contributed by atoms with E-state index in [9.17, 15) is 0 Å². The molecule has 4 nitrogen and oxygen atoms in total. The first-order valence-electron chi connectivity index (χ1n) is 5.48. The van der Waals surface area contributed by atoms with Crippen LogP contribution in [0.2, 0.25) is 0 Å². The Balaban J connectivity index is 2.19. The Bertz CT molecular complexity index is 597. The molecule has 1 heterocycles. The zero-order valence-corrected chi connectivity index (χ0v) is 11.8. The largest absolute Gasteiger partial charge is 0.369 e. The van der Waals surface area contributed by atoms with Gasteiger partial charge in [-0.3, -0.25) is 4.68 Å². The third kappa shape index (κ3) is 2.71. The molecule has 0 spiro atoms. The highest BCUT2D eigenvalue weighted by Crippen LogP contribution is 2.27. The average molecular weight is 305 g/mol. The maximum absolute atomic E-state index is 8.83. The van der Waals surface area contributed by atoms with Crippen LogP contribution in [-0.2, 0) is 13.6 Å². The van der Waals surface area contributed by atoms with Gasteiger partial charge in [0, 0.05) is 36.9 Å². The highest BCUT2D eigenvalue weighted by Gasteiger charge is 2.08. The summed E-state index contributed by atoms with van der Waals surface area (Å²) in [4.78, 5) is 2.11. The molecule has 0 aliphatic carbocycles. The highest BCUT2D eigenvalue weighted by molar-refractivity contribution is 9.10. The van der Waals surface area contributed by atoms with Gasteiger partial charge in [-0.15, -0.1) is 0 Å². The molecule has 2 aromatic rings. The normalized spacial score (nSPS) is 10.1. The number of benzene rings is 1. The van der Waals surface area contributed by atoms with Crippen molar-refractivity contribution in [2.75, 3.05) is 11.9 Å². The first-order valence-corrected chi connectivity index (χ1v) is 6.28. The standard InChI is InChI=1S/C13H13BrN4/c1-17(8-11-7-16-18(2)9-11)13-4-3-10(6-15)5-12(13)14/h3-5,7,9H,8H2,1-2H3. The second-order valence-electron chi connectivity index (χ2n) is 4.16. The summed E-state index contributed by atoms with van der Waals surface area (Å²) >= 11 is 3.49. The Labute approximate surface area is 115 Å². The third-order valence-electron chi connectivity index (χ3n) is 2.67. The number of halogens is 1. The van der Waals surface area contributed by atoms with Crippen LogP contribution >= 0.6 is 15.9 Å². The van der Waals surface area contributed by atoms with Crippen LogP contribution in [0.3, 0.4) is 0 Å². The highest BCUT2D eigenvalue weighted by atomic mass is 79.9. The third-order valence-corrected chi connectivity index (χ3v) is 3.30. The molecule has 0 unspecified atom stereocenters. The number of aryl methyl sites for hydroxylation is 1. The molecule has 1 aromatic carbocycles. The van der Waals surface area contributed by atoms with Crippen molar-refractivity contribution in [3.63, 3.8) is 0 Å². The molecule has 0 N–H and O–H groups in total. The predicted molar refractivity (Wildman–Crippen MR) is 74.2 cm³/mol. The van der Waals surface area contributed by atoms with Gasteiger partial charge >= 0.3 is 0 Å². The molecule has 0 aliphatic rings. The van der Waals surface area contributed by atoms with Crippen molar-refractivity contribution in [2.45, 2.75) is 6.54 Å². The van der Waals surface area contributed by atoms with Gasteiger partial charge in [0.05, 0.1) is 23.5 Å². The maximum Gasteiger partial charge on any atom is 0.0992 e. The van der Waals surface area contributed by atoms with Crippen LogP contribution in [0.1, 0.15) is 11.1 Å². The molecule has 0 fully saturated rings. The van der Waals surface area contributed by atoms with Gasteiger partial charge in [0.1, 0.15) is 0 Å². The van der Waals surface area contributed by atoms with Gasteiger partial charge in [0.2, 0.25) is 0 Å². The maximum atomic E-state index is 8.83. The summed E-state index contributed by atoms with van der Waals surface area (Å²) in [7, 11) is 3.92. The van der Waals surface area contributed by atoms with Crippen molar-refractivity contribution in [3.05, 3.63) is 46.2 Å². The van der Waals surface area contributed by atoms with Crippen LogP contribution in [0.5, 0.6) is 0 Å². The van der Waals surface area contributed by atoms with E-state index in [1.54, 1.807) is 4.68 Å². The fourth-order valence-corrected chi connectivity index (χ4v) is 2.48. The van der Waals surface area contributed by atoms with E-state index in [0.29, 0.717) is 5.56 Å². The average Bonchev–Trinajstić information content (AvgIpc) is 2.74. The first-order chi connectivity index (χ1) is 8.60. The van der Waals surface area contributed by atoms with E-state index in [1.807, 2.05) is 44.7 Å². The zero-order chi connectivity index (χ0) is 13.1. The Hall–Kier alpha value is -1.80. The SMILES string of the molecule is CN(Cc1cnn(C)c1)c1ccc(C#N)cc1Br. The minimum Gasteiger partial charge on any atom is -0.369 e. The van der Waals surface area contributed by atoms with Gasteiger partial charge in [-0.1, -0.05) is 0 Å². The van der Waals surface area contributed by atoms with Crippen LogP contribution in [0.25, 0.3) is 0 Å². The summed E-state index contributed by atoms with van der Waals surface area (Å²) in [6.07, 6.45) is 3.85. The molecule has 0 atom stereocenters. The Morgan fingerprint density at radius 1 is 1.50 bits per heavy atom. The van der Waals surface area contributed by atoms with Crippen molar-refractivity contribution in [2.24, 2.45) is 7.05 Å². The number of aromatic nitrogens is 2. The number of nitriles is 1. The van der Waals surface area contributed by atoms with E-state index in [1.165, 1.54) is 0 Å². The molecular formula is C13H13BrN4. The van der Waals surface area contributed by atoms with Crippen molar-refractivity contribution < 1.29 is 0 Å². The van der Waals surface area contributed by atoms with Crippen LogP contribution in [0, 0.1) is 11.3 Å². The Kier molecular flexibility index (Phi) is 3.68. The second-order valence-corrected chi connectivity index (χ2v) is 5.01. The van der Waals surface area contributed by atoms with Crippen LogP contribution in [-0.4, -0.2) is 16.8 Å². The lowest BCUT2D eigenvalue weighted by atomic mass is 10.2. The minimum absolute atomic E-state index is 0.653. The smallest absolute Gasteiger partial charge is 0.0992 e. The topological polar surface area (TPSA) is 44.9 Å². The summed E-state index contributed by atoms with van der Waals surface area (Å²) in [6, 6.07) is 7.72. The lowest BCUT2D eigenvalue weighted by Crippen LogP contribution is -2.16. The lowest BCUT2D eigenvalue weighted by molar-refractivity contribution is 0.766. The van der Waals surface area contributed by atoms with E-state index < -0.39 is 0 Å². The van der Waals surface area contributed by atoms with Crippen LogP contribution in [0.4, 0.5) is 5.69 Å². The van der Waals surface area contributed by atoms with Gasteiger partial charge in [-0.05, 0) is 34.1 Å². The number of hydrogen-bond donors (Lipinski definition) is 0. The summed E-state index contributed by atoms with van der Waals surface area (Å²) in [6.45, 7) is 0.776. The molecular weight excluding hydrogens is 292 g/mol. The van der Waals surface area contributed by atoms with Crippen molar-refractivity contribution >= 4 is 21.6 Å². The fraction of sp³-hybridized carbons (Fsp3) is 0.231. The van der Waals surface area contributed by atoms with Gasteiger partial charge in [-0.25, -0.2) is 0 Å². The molecule has 92 valence electrons. The molecule has 0 amide bonds. The van der Waals surface area contributed by atoms with E-state index in [2.05, 4.69) is 32.0 Å². The van der Waals surface area contributed by atoms with Crippen molar-refractivity contribution in [1.29, 1.82) is 5.26 Å². The van der Waals surface area contributed by atoms with E-state index in [4.69, 9.17) is 5.26 Å². The minimum atomic E-state index is 0.653. The molecule has 1 aromatic heterocycles. The Morgan fingerprint density at radius 3 is 2.83 bits per heavy atom. The molecule has 0 saturated heterocycles. The lowest BCUT2D eigenvalue weighted by Gasteiger charge is -2.20. The fourth-order valence-electron chi connectivity index (χ4n) is 1.80. The molecule has 0 bridgehead atoms. The molecule has 0 aliphatic heterocycles. The van der Waals surface area contributed by atoms with Crippen LogP contribution in [0.15, 0.2) is 35.1 Å². The number of rotatable bonds is 3. The molecule has 2 rings (SSSR count). The summed E-state index contributed by atoms with van der Waals surface area (Å²) in [5, 5.41) is 13.0. The summed E-state index contributed by atoms with van der Waals surface area (Å²) in [5.74, 6) is 0. The van der Waals surface area contributed by atoms with E-state index in [0.717, 1.165) is 22.3 Å². The quantitative estimate of drug-likeness (QED) is 0.876. The second kappa shape index (κ2) is 5.23. The molecule has 5 heteroatoms. The predicted octanol–water partition coefficient (Wildman–Crippen LogP) is 2.69. The zero-order valence-electron chi connectivity index (χ0n) is 10.3. The molecule has 0 saturated carbocycles. The van der Waals surface area contributed by atoms with Gasteiger partial charge in [0.15, 0.2) is 0 Å². The molecule has 18 heavy (non-hydrogen) atoms. The summed E-state index contributed by atoms with van der Waals surface area (Å²) in [5.41, 5.74) is 2.86. The van der Waals surface area contributed by atoms with E-state index in [-0.39, 0.29) is 0 Å². The Morgan fingerprint density at radius 2 is 2.28 bits per heavy atom. The van der Waals surface area contributed by atoms with Crippen molar-refractivity contribution in [1.82, 2.24) is 9.78 Å². The summed E-state index contributed by atoms with van der Waals surface area (Å²) < 4.78 is 2.71. The first kappa shape index (κ1) is 12.7. The van der Waals surface area contributed by atoms with Gasteiger partial charge < -0.3 is 4.90 Å². The van der Waals surface area contributed by atoms with E-state index >= 15 is 0 Å². The van der Waals surface area contributed by atoms with Gasteiger partial charge in [-0.2, -0.15) is 10.4 Å². The monoisotopic (exact) mass is 304 g/mol. The molecule has 0 radical (unpaired) electrons. The van der Waals surface area contributed by atoms with Gasteiger partial charge in [0.25, 0.3) is 0 Å².